The number of aromatic nitrogens is 9. The van der Waals surface area contributed by atoms with Gasteiger partial charge in [-0.05, 0) is 179 Å². The number of nitrogen functional groups attached to an aromatic ring is 1. The maximum atomic E-state index is 13.0. The van der Waals surface area contributed by atoms with Crippen molar-refractivity contribution < 1.29 is 21.6 Å². The molecule has 5 N–H and O–H groups in total. The summed E-state index contributed by atoms with van der Waals surface area (Å²) in [5.41, 5.74) is 17.2. The number of hydrogen-bond acceptors (Lipinski definition) is 19. The third-order valence-corrected chi connectivity index (χ3v) is 24.5. The van der Waals surface area contributed by atoms with Gasteiger partial charge in [0.25, 0.3) is 0 Å². The molecule has 510 valence electrons. The van der Waals surface area contributed by atoms with E-state index in [0.29, 0.717) is 52.9 Å². The Balaban J connectivity index is 0.000000144. The molecule has 2 spiro atoms. The van der Waals surface area contributed by atoms with Crippen molar-refractivity contribution in [3.63, 3.8) is 0 Å². The maximum Gasteiger partial charge on any atom is 0.243 e. The van der Waals surface area contributed by atoms with Gasteiger partial charge in [0, 0.05) is 98.5 Å². The fourth-order valence-electron chi connectivity index (χ4n) is 14.4. The first-order chi connectivity index (χ1) is 44.6. The molecule has 4 aliphatic heterocycles. The largest absolute Gasteiger partial charge is 0.399 e. The molecule has 2 saturated heterocycles. The smallest absolute Gasteiger partial charge is 0.243 e. The van der Waals surface area contributed by atoms with Gasteiger partial charge < -0.3 is 25.4 Å². The topological polar surface area (TPSA) is 277 Å². The van der Waals surface area contributed by atoms with Crippen LogP contribution in [0.4, 0.5) is 29.0 Å². The molecule has 0 unspecified atom stereocenters. The van der Waals surface area contributed by atoms with Crippen LogP contribution in [0.15, 0.2) is 110 Å². The predicted molar refractivity (Wildman–Crippen MR) is 384 cm³/mol. The number of ketones is 1. The third kappa shape index (κ3) is 14.1. The first kappa shape index (κ1) is 71.1. The van der Waals surface area contributed by atoms with Gasteiger partial charge in [-0.2, -0.15) is 33.8 Å². The van der Waals surface area contributed by atoms with Crippen LogP contribution in [0.25, 0.3) is 33.1 Å². The highest BCUT2D eigenvalue weighted by Crippen LogP contribution is 2.46. The molecule has 7 aliphatic rings. The molecule has 95 heavy (non-hydrogen) atoms. The van der Waals surface area contributed by atoms with E-state index in [-0.39, 0.29) is 37.0 Å². The molecule has 10 heterocycles. The average Bonchev–Trinajstić information content (AvgIpc) is 1.49. The number of likely N-dealkylation sites (N-methyl/N-ethyl adjacent to an activating group) is 2. The quantitative estimate of drug-likeness (QED) is 0.0813. The van der Waals surface area contributed by atoms with Crippen molar-refractivity contribution >= 4 is 138 Å². The van der Waals surface area contributed by atoms with Crippen LogP contribution in [0.1, 0.15) is 132 Å². The third-order valence-electron chi connectivity index (χ3n) is 19.7. The molecule has 15 rings (SSSR count). The maximum absolute atomic E-state index is 13.0. The number of nitrogens with one attached hydrogen (secondary N) is 3. The van der Waals surface area contributed by atoms with Crippen LogP contribution < -0.4 is 21.9 Å². The molecule has 29 heteroatoms. The minimum absolute atomic E-state index is 0. The first-order valence-electron chi connectivity index (χ1n) is 32.0. The van der Waals surface area contributed by atoms with Crippen LogP contribution in [0.5, 0.6) is 0 Å². The van der Waals surface area contributed by atoms with Crippen LogP contribution in [0.2, 0.25) is 10.6 Å². The minimum Gasteiger partial charge on any atom is -0.399 e. The molecule has 5 fully saturated rings. The molecule has 24 nitrogen and oxygen atoms in total. The van der Waals surface area contributed by atoms with Gasteiger partial charge >= 0.3 is 0 Å². The number of piperazine rings is 2. The lowest BCUT2D eigenvalue weighted by atomic mass is 9.78. The average molecular weight is 1440 g/mol. The number of halogens is 3. The Morgan fingerprint density at radius 2 is 0.937 bits per heavy atom. The normalized spacial score (nSPS) is 19.5. The lowest BCUT2D eigenvalue weighted by molar-refractivity contribution is -0.127. The second-order valence-electron chi connectivity index (χ2n) is 25.4. The molecule has 3 saturated carbocycles. The predicted octanol–water partition coefficient (Wildman–Crippen LogP) is 12.7. The second-order valence-corrected chi connectivity index (χ2v) is 30.8. The number of Topliss-reactive ketones (excluding diaryl/α,β-unsaturated/α-hetero) is 1. The second kappa shape index (κ2) is 29.2. The standard InChI is InChI=1S/C25H32N8O2S.C14H15BrClN3O.C14H16ClN5.C11H17N3O2S.2CH4/c1-18-25(10-4-3-5-11-25)33-22(30-29-18)16-19-17-26-24(28-23(19)33)27-20-6-8-21(9-7-20)36(34,35)32-14-12-31(2)13-15-32;1-9(20)14(5-3-2-4-6-14)19-11(15)7-10-8-17-13(16)18-12(10)19;1-9-14(5-3-2-4-6-14)20-11(19-18-9)7-10-8-16-13(15)17-12(10)20;1-13-6-8-14(9-7-13)17(15,16)11-4-2-10(12)3-5-11;;/h6-9,16-17,30H,3-5,10-15H2,1-2H3,(H,26,27,28);7-8H,2-6H2,1H3;7-8,19H,2-6H2,1H3;2-5H,6-9,12H2,1H3;2*1H4. The molecule has 0 radical (unpaired) electrons. The van der Waals surface area contributed by atoms with Crippen molar-refractivity contribution in [1.29, 1.82) is 0 Å². The van der Waals surface area contributed by atoms with E-state index in [4.69, 9.17) is 33.9 Å². The van der Waals surface area contributed by atoms with E-state index >= 15 is 0 Å². The van der Waals surface area contributed by atoms with Gasteiger partial charge in [0.15, 0.2) is 5.78 Å². The number of sulfonamides is 2. The molecule has 0 atom stereocenters. The summed E-state index contributed by atoms with van der Waals surface area (Å²) in [6.45, 7) is 11.0. The molecule has 8 aromatic rings. The number of carbonyl (C=O) groups is 1. The van der Waals surface area contributed by atoms with E-state index in [1.807, 2.05) is 30.9 Å². The van der Waals surface area contributed by atoms with Crippen molar-refractivity contribution in [3.05, 3.63) is 100 Å². The van der Waals surface area contributed by atoms with Crippen molar-refractivity contribution in [2.45, 2.75) is 158 Å². The van der Waals surface area contributed by atoms with Crippen molar-refractivity contribution in [1.82, 2.24) is 62.0 Å². The number of nitrogens with zero attached hydrogens (tertiary/aromatic N) is 15. The fourth-order valence-corrected chi connectivity index (χ4v) is 18.2. The van der Waals surface area contributed by atoms with Crippen molar-refractivity contribution in [2.24, 2.45) is 10.2 Å². The van der Waals surface area contributed by atoms with E-state index in [0.717, 1.165) is 144 Å². The Morgan fingerprint density at radius 1 is 0.547 bits per heavy atom. The van der Waals surface area contributed by atoms with Gasteiger partial charge in [0.1, 0.15) is 34.1 Å². The van der Waals surface area contributed by atoms with E-state index < -0.39 is 25.6 Å². The minimum atomic E-state index is -3.50. The zero-order valence-electron chi connectivity index (χ0n) is 53.1. The van der Waals surface area contributed by atoms with Gasteiger partial charge in [-0.3, -0.25) is 24.8 Å². The monoisotopic (exact) mass is 1440 g/mol. The first-order valence-corrected chi connectivity index (χ1v) is 36.4. The molecule has 2 aromatic carbocycles. The van der Waals surface area contributed by atoms with E-state index in [1.165, 1.54) is 49.3 Å². The van der Waals surface area contributed by atoms with E-state index in [1.54, 1.807) is 72.2 Å². The molecule has 3 aliphatic carbocycles. The summed E-state index contributed by atoms with van der Waals surface area (Å²) in [5.74, 6) is 2.60. The Hall–Kier alpha value is -6.69. The zero-order valence-corrected chi connectivity index (χ0v) is 57.9. The van der Waals surface area contributed by atoms with Crippen LogP contribution in [-0.2, 0) is 41.5 Å². The molecule has 6 aromatic heterocycles. The Kier molecular flexibility index (Phi) is 21.8. The number of hydrogen-bond donors (Lipinski definition) is 4. The summed E-state index contributed by atoms with van der Waals surface area (Å²) in [6, 6.07) is 19.2. The van der Waals surface area contributed by atoms with Crippen molar-refractivity contribution in [3.8, 4) is 0 Å². The van der Waals surface area contributed by atoms with Crippen LogP contribution in [0.3, 0.4) is 0 Å². The number of fused-ring (bicyclic) bond motifs is 9. The number of hydrazone groups is 2. The highest BCUT2D eigenvalue weighted by molar-refractivity contribution is 9.10. The summed E-state index contributed by atoms with van der Waals surface area (Å²) >= 11 is 15.5. The summed E-state index contributed by atoms with van der Waals surface area (Å²) in [5, 5.41) is 15.8. The van der Waals surface area contributed by atoms with E-state index in [9.17, 15) is 21.6 Å². The molecular weight excluding hydrogens is 1350 g/mol. The number of rotatable bonds is 8. The molecular formula is C66H88BrCl2N19O5S2. The number of carbonyl (C=O) groups excluding carboxylic acids is 1. The highest BCUT2D eigenvalue weighted by Gasteiger charge is 2.44. The number of benzene rings is 2. The van der Waals surface area contributed by atoms with Crippen LogP contribution in [-0.4, -0.2) is 163 Å². The van der Waals surface area contributed by atoms with Crippen molar-refractivity contribution in [2.75, 3.05) is 88.4 Å². The van der Waals surface area contributed by atoms with Gasteiger partial charge in [-0.15, -0.1) is 0 Å². The molecule has 0 amide bonds. The number of anilines is 5. The van der Waals surface area contributed by atoms with Gasteiger partial charge in [0.2, 0.25) is 36.6 Å². The summed E-state index contributed by atoms with van der Waals surface area (Å²) < 4.78 is 61.2. The van der Waals surface area contributed by atoms with Crippen LogP contribution in [0, 0.1) is 0 Å². The van der Waals surface area contributed by atoms with Gasteiger partial charge in [-0.25, -0.2) is 31.8 Å². The molecule has 0 bridgehead atoms. The lowest BCUT2D eigenvalue weighted by Crippen LogP contribution is -2.46. The summed E-state index contributed by atoms with van der Waals surface area (Å²) in [6.07, 6.45) is 22.0. The van der Waals surface area contributed by atoms with E-state index in [2.05, 4.69) is 112 Å². The summed E-state index contributed by atoms with van der Waals surface area (Å²) in [4.78, 5) is 43.5. The Morgan fingerprint density at radius 3 is 1.38 bits per heavy atom. The van der Waals surface area contributed by atoms with Gasteiger partial charge in [0.05, 0.1) is 36.9 Å². The Bertz CT molecular complexity index is 4340. The highest BCUT2D eigenvalue weighted by atomic mass is 79.9. The summed E-state index contributed by atoms with van der Waals surface area (Å²) in [7, 11) is -2.85. The zero-order chi connectivity index (χ0) is 65.5. The van der Waals surface area contributed by atoms with Gasteiger partial charge in [-0.1, -0.05) is 72.6 Å². The van der Waals surface area contributed by atoms with Crippen LogP contribution >= 0.6 is 39.1 Å². The Labute approximate surface area is 575 Å². The SMILES string of the molecule is C.C.CC(=O)C1(n2c(Br)cc3cnc(Cl)nc32)CCCCC1.CC1=NNc2cc3cnc(Cl)nc3n2C12CCCCC2.CC1=NNc2cc3cnc(Nc4ccc(S(=O)(=O)N5CCN(C)CC5)cc4)nc3n2C12CCCCC2.CN1CCN(S(=O)(=O)c2ccc(N)cc2)CC1. The fraction of sp³-hybridized carbons (Fsp3) is 0.500. The lowest BCUT2D eigenvalue weighted by Gasteiger charge is -2.42. The number of nitrogens with two attached hydrogens (primary N) is 1.